The van der Waals surface area contributed by atoms with E-state index in [2.05, 4.69) is 0 Å². The highest BCUT2D eigenvalue weighted by Crippen LogP contribution is 2.39. The van der Waals surface area contributed by atoms with E-state index in [1.54, 1.807) is 7.11 Å². The largest absolute Gasteiger partial charge is 0.497 e. The second-order valence-electron chi connectivity index (χ2n) is 3.06. The van der Waals surface area contributed by atoms with Crippen molar-refractivity contribution < 1.29 is 4.74 Å². The molecule has 1 aromatic carbocycles. The second-order valence-corrected chi connectivity index (χ2v) is 6.10. The van der Waals surface area contributed by atoms with E-state index in [-0.39, 0.29) is 11.8 Å². The number of hydrogen-bond acceptors (Lipinski definition) is 1. The Kier molecular flexibility index (Phi) is 4.85. The minimum absolute atomic E-state index is 0.269. The van der Waals surface area contributed by atoms with E-state index in [1.165, 1.54) is 0 Å². The first kappa shape index (κ1) is 13.2. The third-order valence-electron chi connectivity index (χ3n) is 1.89. The van der Waals surface area contributed by atoms with Crippen LogP contribution in [0.2, 0.25) is 0 Å². The first-order chi connectivity index (χ1) is 6.92. The normalized spacial score (nSPS) is 13.7. The van der Waals surface area contributed by atoms with Crippen LogP contribution in [0.15, 0.2) is 24.3 Å². The highest BCUT2D eigenvalue weighted by atomic mass is 35.6. The van der Waals surface area contributed by atoms with E-state index < -0.39 is 3.79 Å². The zero-order valence-electron chi connectivity index (χ0n) is 8.01. The Morgan fingerprint density at radius 2 is 1.73 bits per heavy atom. The molecule has 0 saturated carbocycles. The number of benzene rings is 1. The molecule has 0 bridgehead atoms. The molecule has 0 aliphatic heterocycles. The molecule has 0 spiro atoms. The molecule has 0 amide bonds. The zero-order valence-corrected chi connectivity index (χ0v) is 11.0. The van der Waals surface area contributed by atoms with Gasteiger partial charge in [-0.1, -0.05) is 46.9 Å². The summed E-state index contributed by atoms with van der Waals surface area (Å²) >= 11 is 23.1. The quantitative estimate of drug-likeness (QED) is 0.730. The second kappa shape index (κ2) is 5.49. The van der Waals surface area contributed by atoms with Gasteiger partial charge < -0.3 is 4.74 Å². The summed E-state index contributed by atoms with van der Waals surface area (Å²) in [7, 11) is 1.61. The van der Waals surface area contributed by atoms with Gasteiger partial charge in [0.25, 0.3) is 0 Å². The summed E-state index contributed by atoms with van der Waals surface area (Å²) in [4.78, 5) is 0. The lowest BCUT2D eigenvalue weighted by Gasteiger charge is -2.16. The lowest BCUT2D eigenvalue weighted by atomic mass is 10.1. The van der Waals surface area contributed by atoms with Crippen molar-refractivity contribution in [3.8, 4) is 5.75 Å². The average molecular weight is 288 g/mol. The topological polar surface area (TPSA) is 9.23 Å². The van der Waals surface area contributed by atoms with E-state index in [0.29, 0.717) is 0 Å². The van der Waals surface area contributed by atoms with Crippen molar-refractivity contribution in [2.45, 2.75) is 15.6 Å². The highest BCUT2D eigenvalue weighted by molar-refractivity contribution is 6.67. The summed E-state index contributed by atoms with van der Waals surface area (Å²) in [5.74, 6) is 0.775. The van der Waals surface area contributed by atoms with Crippen molar-refractivity contribution in [3.05, 3.63) is 29.8 Å². The monoisotopic (exact) mass is 286 g/mol. The molecule has 1 unspecified atom stereocenters. The van der Waals surface area contributed by atoms with E-state index in [1.807, 2.05) is 24.3 Å². The number of ether oxygens (including phenoxy) is 1. The molecular weight excluding hydrogens is 278 g/mol. The van der Waals surface area contributed by atoms with Gasteiger partial charge in [-0.15, -0.1) is 11.6 Å². The summed E-state index contributed by atoms with van der Waals surface area (Å²) < 4.78 is 3.70. The van der Waals surface area contributed by atoms with Gasteiger partial charge in [0.2, 0.25) is 0 Å². The van der Waals surface area contributed by atoms with E-state index >= 15 is 0 Å². The van der Waals surface area contributed by atoms with Crippen LogP contribution in [-0.2, 0) is 0 Å². The Morgan fingerprint density at radius 3 is 2.13 bits per heavy atom. The zero-order chi connectivity index (χ0) is 11.5. The summed E-state index contributed by atoms with van der Waals surface area (Å²) in [6, 6.07) is 7.35. The summed E-state index contributed by atoms with van der Waals surface area (Å²) in [5, 5.41) is -0.316. The Labute approximate surface area is 109 Å². The van der Waals surface area contributed by atoms with E-state index in [4.69, 9.17) is 51.1 Å². The lowest BCUT2D eigenvalue weighted by Crippen LogP contribution is -2.06. The number of rotatable bonds is 3. The fourth-order valence-electron chi connectivity index (χ4n) is 1.13. The predicted molar refractivity (Wildman–Crippen MR) is 66.5 cm³/mol. The maximum Gasteiger partial charge on any atom is 0.192 e. The van der Waals surface area contributed by atoms with Crippen LogP contribution in [0.3, 0.4) is 0 Å². The molecule has 1 nitrogen and oxygen atoms in total. The molecule has 0 aliphatic rings. The molecule has 0 fully saturated rings. The molecule has 0 aliphatic carbocycles. The van der Waals surface area contributed by atoms with Crippen LogP contribution in [0.4, 0.5) is 0 Å². The van der Waals surface area contributed by atoms with Crippen LogP contribution in [0.5, 0.6) is 5.75 Å². The Bertz CT molecular complexity index is 304. The van der Waals surface area contributed by atoms with Gasteiger partial charge in [-0.3, -0.25) is 0 Å². The summed E-state index contributed by atoms with van der Waals surface area (Å²) in [5.41, 5.74) is 0.906. The van der Waals surface area contributed by atoms with Gasteiger partial charge in [0.15, 0.2) is 3.79 Å². The molecule has 0 radical (unpaired) electrons. The van der Waals surface area contributed by atoms with E-state index in [0.717, 1.165) is 11.3 Å². The molecule has 0 aromatic heterocycles. The Morgan fingerprint density at radius 1 is 1.20 bits per heavy atom. The van der Waals surface area contributed by atoms with Crippen molar-refractivity contribution in [2.24, 2.45) is 0 Å². The van der Waals surface area contributed by atoms with Crippen LogP contribution >= 0.6 is 46.4 Å². The average Bonchev–Trinajstić information content (AvgIpc) is 2.15. The number of alkyl halides is 4. The van der Waals surface area contributed by atoms with Crippen molar-refractivity contribution in [1.29, 1.82) is 0 Å². The van der Waals surface area contributed by atoms with Gasteiger partial charge in [-0.2, -0.15) is 0 Å². The third kappa shape index (κ3) is 4.69. The molecule has 0 saturated heterocycles. The molecule has 1 atom stereocenters. The van der Waals surface area contributed by atoms with Crippen LogP contribution in [0.25, 0.3) is 0 Å². The molecule has 84 valence electrons. The summed E-state index contributed by atoms with van der Waals surface area (Å²) in [6.07, 6.45) is 0.269. The number of hydrogen-bond donors (Lipinski definition) is 0. The lowest BCUT2D eigenvalue weighted by molar-refractivity contribution is 0.414. The van der Waals surface area contributed by atoms with E-state index in [9.17, 15) is 0 Å². The fraction of sp³-hybridized carbons (Fsp3) is 0.400. The van der Waals surface area contributed by atoms with Gasteiger partial charge in [-0.05, 0) is 17.7 Å². The molecule has 15 heavy (non-hydrogen) atoms. The van der Waals surface area contributed by atoms with Crippen molar-refractivity contribution >= 4 is 46.4 Å². The maximum absolute atomic E-state index is 6.09. The minimum atomic E-state index is -1.33. The molecule has 0 heterocycles. The van der Waals surface area contributed by atoms with Crippen molar-refractivity contribution in [1.82, 2.24) is 0 Å². The SMILES string of the molecule is COc1ccc(C(Cl)CC(Cl)(Cl)Cl)cc1. The molecular formula is C10H10Cl4O. The minimum Gasteiger partial charge on any atom is -0.497 e. The van der Waals surface area contributed by atoms with Gasteiger partial charge in [0, 0.05) is 6.42 Å². The van der Waals surface area contributed by atoms with Crippen LogP contribution in [0.1, 0.15) is 17.4 Å². The standard InChI is InChI=1S/C10H10Cl4O/c1-15-8-4-2-7(3-5-8)9(11)6-10(12,13)14/h2-5,9H,6H2,1H3. The van der Waals surface area contributed by atoms with Crippen molar-refractivity contribution in [2.75, 3.05) is 7.11 Å². The van der Waals surface area contributed by atoms with Gasteiger partial charge in [-0.25, -0.2) is 0 Å². The molecule has 5 heteroatoms. The van der Waals surface area contributed by atoms with Crippen molar-refractivity contribution in [3.63, 3.8) is 0 Å². The maximum atomic E-state index is 6.09. The van der Waals surface area contributed by atoms with Gasteiger partial charge in [0.1, 0.15) is 5.75 Å². The smallest absolute Gasteiger partial charge is 0.192 e. The molecule has 1 aromatic rings. The predicted octanol–water partition coefficient (Wildman–Crippen LogP) is 4.74. The Hall–Kier alpha value is 0.180. The third-order valence-corrected chi connectivity index (χ3v) is 2.76. The van der Waals surface area contributed by atoms with Crippen LogP contribution in [0, 0.1) is 0 Å². The number of methoxy groups -OCH3 is 1. The van der Waals surface area contributed by atoms with Gasteiger partial charge in [0.05, 0.1) is 12.5 Å². The van der Waals surface area contributed by atoms with Gasteiger partial charge >= 0.3 is 0 Å². The summed E-state index contributed by atoms with van der Waals surface area (Å²) in [6.45, 7) is 0. The van der Waals surface area contributed by atoms with Crippen LogP contribution < -0.4 is 4.74 Å². The number of halogens is 4. The highest BCUT2D eigenvalue weighted by Gasteiger charge is 2.25. The molecule has 1 rings (SSSR count). The first-order valence-electron chi connectivity index (χ1n) is 4.27. The van der Waals surface area contributed by atoms with Crippen LogP contribution in [-0.4, -0.2) is 10.9 Å². The Balaban J connectivity index is 2.70. The first-order valence-corrected chi connectivity index (χ1v) is 5.84. The fourth-order valence-corrected chi connectivity index (χ4v) is 2.21. The molecule has 0 N–H and O–H groups in total.